The van der Waals surface area contributed by atoms with Gasteiger partial charge in [-0.2, -0.15) is 10.1 Å². The molecule has 0 atom stereocenters. The van der Waals surface area contributed by atoms with Crippen LogP contribution >= 0.6 is 0 Å². The number of hydrogen-bond donors (Lipinski definition) is 1. The van der Waals surface area contributed by atoms with Crippen molar-refractivity contribution in [3.8, 4) is 23.1 Å². The molecule has 0 saturated heterocycles. The van der Waals surface area contributed by atoms with Crippen LogP contribution in [0, 0.1) is 0 Å². The maximum Gasteiger partial charge on any atom is 0.397 e. The fourth-order valence-electron chi connectivity index (χ4n) is 2.58. The van der Waals surface area contributed by atoms with E-state index < -0.39 is 5.97 Å². The van der Waals surface area contributed by atoms with E-state index in [1.54, 1.807) is 55.2 Å². The van der Waals surface area contributed by atoms with Crippen LogP contribution in [-0.2, 0) is 11.8 Å². The minimum atomic E-state index is -0.717. The predicted molar refractivity (Wildman–Crippen MR) is 109 cm³/mol. The first-order chi connectivity index (χ1) is 15.5. The second kappa shape index (κ2) is 9.04. The minimum Gasteiger partial charge on any atom is -0.459 e. The van der Waals surface area contributed by atoms with Gasteiger partial charge in [0.15, 0.2) is 5.82 Å². The summed E-state index contributed by atoms with van der Waals surface area (Å²) in [6.45, 7) is 1.86. The lowest BCUT2D eigenvalue weighted by Gasteiger charge is -2.07. The third-order valence-corrected chi connectivity index (χ3v) is 4.01. The molecular weight excluding hydrogens is 418 g/mol. The number of rotatable bonds is 7. The molecule has 1 aromatic carbocycles. The first-order valence-corrected chi connectivity index (χ1v) is 9.44. The number of hydrogen-bond acceptors (Lipinski definition) is 10. The highest BCUT2D eigenvalue weighted by Crippen LogP contribution is 2.22. The normalized spacial score (nSPS) is 10.6. The molecule has 0 aliphatic rings. The van der Waals surface area contributed by atoms with Gasteiger partial charge in [0, 0.05) is 24.9 Å². The maximum atomic E-state index is 12.4. The molecule has 12 nitrogen and oxygen atoms in total. The van der Waals surface area contributed by atoms with Crippen LogP contribution in [0.3, 0.4) is 0 Å². The summed E-state index contributed by atoms with van der Waals surface area (Å²) in [6, 6.07) is 8.27. The fraction of sp³-hybridized carbons (Fsp3) is 0.150. The van der Waals surface area contributed by atoms with Crippen LogP contribution in [-0.4, -0.2) is 48.4 Å². The van der Waals surface area contributed by atoms with E-state index >= 15 is 0 Å². The minimum absolute atomic E-state index is 0.0836. The number of aromatic nitrogens is 6. The molecule has 0 aliphatic heterocycles. The molecule has 1 N–H and O–H groups in total. The van der Waals surface area contributed by atoms with Gasteiger partial charge in [-0.3, -0.25) is 9.48 Å². The topological polar surface area (TPSA) is 147 Å². The van der Waals surface area contributed by atoms with Crippen molar-refractivity contribution in [2.24, 2.45) is 7.05 Å². The van der Waals surface area contributed by atoms with E-state index in [1.165, 1.54) is 12.4 Å². The number of anilines is 1. The van der Waals surface area contributed by atoms with Gasteiger partial charge < -0.3 is 19.3 Å². The Morgan fingerprint density at radius 1 is 1.19 bits per heavy atom. The van der Waals surface area contributed by atoms with E-state index in [4.69, 9.17) is 14.0 Å². The first-order valence-electron chi connectivity index (χ1n) is 9.44. The molecule has 0 spiro atoms. The fourth-order valence-corrected chi connectivity index (χ4v) is 2.58. The molecule has 32 heavy (non-hydrogen) atoms. The molecule has 12 heteroatoms. The average Bonchev–Trinajstić information content (AvgIpc) is 3.44. The molecule has 3 heterocycles. The zero-order chi connectivity index (χ0) is 22.5. The Bertz CT molecular complexity index is 1250. The summed E-state index contributed by atoms with van der Waals surface area (Å²) >= 11 is 0. The van der Waals surface area contributed by atoms with Crippen LogP contribution in [0.4, 0.5) is 5.82 Å². The van der Waals surface area contributed by atoms with Crippen molar-refractivity contribution in [2.45, 2.75) is 6.92 Å². The molecule has 0 fully saturated rings. The molecule has 1 amide bonds. The monoisotopic (exact) mass is 435 g/mol. The van der Waals surface area contributed by atoms with Crippen molar-refractivity contribution < 1.29 is 23.6 Å². The Hall–Kier alpha value is -4.61. The molecule has 0 aliphatic carbocycles. The van der Waals surface area contributed by atoms with Crippen molar-refractivity contribution >= 4 is 17.7 Å². The Labute approximate surface area is 181 Å². The number of carbonyl (C=O) groups excluding carboxylic acids is 2. The summed E-state index contributed by atoms with van der Waals surface area (Å²) in [5.74, 6) is -0.214. The molecule has 4 rings (SSSR count). The van der Waals surface area contributed by atoms with Crippen molar-refractivity contribution in [2.75, 3.05) is 11.9 Å². The van der Waals surface area contributed by atoms with E-state index in [-0.39, 0.29) is 35.8 Å². The predicted octanol–water partition coefficient (Wildman–Crippen LogP) is 2.48. The maximum absolute atomic E-state index is 12.4. The Morgan fingerprint density at radius 3 is 2.78 bits per heavy atom. The quantitative estimate of drug-likeness (QED) is 0.429. The first kappa shape index (κ1) is 20.7. The number of ether oxygens (including phenoxy) is 2. The van der Waals surface area contributed by atoms with Crippen molar-refractivity contribution in [3.63, 3.8) is 0 Å². The highest BCUT2D eigenvalue weighted by Gasteiger charge is 2.18. The number of amides is 1. The van der Waals surface area contributed by atoms with Crippen LogP contribution < -0.4 is 10.1 Å². The highest BCUT2D eigenvalue weighted by atomic mass is 16.6. The van der Waals surface area contributed by atoms with Crippen molar-refractivity contribution in [1.82, 2.24) is 29.9 Å². The lowest BCUT2D eigenvalue weighted by molar-refractivity contribution is 0.0470. The summed E-state index contributed by atoms with van der Waals surface area (Å²) in [6.07, 6.45) is 4.45. The Morgan fingerprint density at radius 2 is 2.06 bits per heavy atom. The number of esters is 1. The molecule has 3 aromatic heterocycles. The number of nitrogens with zero attached hydrogens (tertiary/aromatic N) is 6. The van der Waals surface area contributed by atoms with E-state index in [9.17, 15) is 9.59 Å². The zero-order valence-corrected chi connectivity index (χ0v) is 17.1. The number of benzene rings is 1. The zero-order valence-electron chi connectivity index (χ0n) is 17.1. The van der Waals surface area contributed by atoms with Crippen LogP contribution in [0.2, 0.25) is 0 Å². The van der Waals surface area contributed by atoms with Gasteiger partial charge in [-0.15, -0.1) is 0 Å². The number of carbonyl (C=O) groups is 2. The van der Waals surface area contributed by atoms with Crippen LogP contribution in [0.25, 0.3) is 11.5 Å². The van der Waals surface area contributed by atoms with Gasteiger partial charge in [0.05, 0.1) is 19.0 Å². The van der Waals surface area contributed by atoms with Crippen molar-refractivity contribution in [3.05, 3.63) is 60.4 Å². The van der Waals surface area contributed by atoms with Gasteiger partial charge in [0.25, 0.3) is 5.91 Å². The standard InChI is InChI=1S/C20H17N7O5/c1-3-30-20(29)19-24-17(26-32-19)14-10-22-16(11-21-14)31-13-6-4-5-12(9-13)18(28)23-15-7-8-27(2)25-15/h4-11H,3H2,1-2H3,(H,23,25,28). The lowest BCUT2D eigenvalue weighted by atomic mass is 10.2. The smallest absolute Gasteiger partial charge is 0.397 e. The second-order valence-electron chi connectivity index (χ2n) is 6.34. The molecular formula is C20H17N7O5. The van der Waals surface area contributed by atoms with E-state index in [0.717, 1.165) is 0 Å². The van der Waals surface area contributed by atoms with Gasteiger partial charge in [0.2, 0.25) is 11.7 Å². The van der Waals surface area contributed by atoms with Gasteiger partial charge >= 0.3 is 11.9 Å². The van der Waals surface area contributed by atoms with E-state index in [0.29, 0.717) is 17.1 Å². The third-order valence-electron chi connectivity index (χ3n) is 4.01. The molecule has 4 aromatic rings. The van der Waals surface area contributed by atoms with Gasteiger partial charge in [0.1, 0.15) is 11.4 Å². The summed E-state index contributed by atoms with van der Waals surface area (Å²) in [4.78, 5) is 36.3. The van der Waals surface area contributed by atoms with Gasteiger partial charge in [-0.25, -0.2) is 14.8 Å². The van der Waals surface area contributed by atoms with Crippen LogP contribution in [0.5, 0.6) is 11.6 Å². The van der Waals surface area contributed by atoms with Crippen molar-refractivity contribution in [1.29, 1.82) is 0 Å². The third kappa shape index (κ3) is 4.75. The van der Waals surface area contributed by atoms with Gasteiger partial charge in [-0.1, -0.05) is 11.2 Å². The summed E-state index contributed by atoms with van der Waals surface area (Å²) in [5, 5.41) is 10.5. The molecule has 162 valence electrons. The van der Waals surface area contributed by atoms with Crippen LogP contribution in [0.1, 0.15) is 28.0 Å². The Balaban J connectivity index is 1.43. The largest absolute Gasteiger partial charge is 0.459 e. The number of aryl methyl sites for hydroxylation is 1. The summed E-state index contributed by atoms with van der Waals surface area (Å²) in [7, 11) is 1.76. The lowest BCUT2D eigenvalue weighted by Crippen LogP contribution is -2.12. The highest BCUT2D eigenvalue weighted by molar-refractivity contribution is 6.03. The molecule has 0 bridgehead atoms. The van der Waals surface area contributed by atoms with Gasteiger partial charge in [-0.05, 0) is 25.1 Å². The van der Waals surface area contributed by atoms with E-state index in [1.807, 2.05) is 0 Å². The van der Waals surface area contributed by atoms with Crippen LogP contribution in [0.15, 0.2) is 53.4 Å². The average molecular weight is 435 g/mol. The van der Waals surface area contributed by atoms with E-state index in [2.05, 4.69) is 30.5 Å². The summed E-state index contributed by atoms with van der Waals surface area (Å²) in [5.41, 5.74) is 0.663. The summed E-state index contributed by atoms with van der Waals surface area (Å²) < 4.78 is 16.9. The Kier molecular flexibility index (Phi) is 5.83. The molecule has 0 unspecified atom stereocenters. The number of nitrogens with one attached hydrogen (secondary N) is 1. The SMILES string of the molecule is CCOC(=O)c1nc(-c2cnc(Oc3cccc(C(=O)Nc4ccn(C)n4)c3)cn2)no1. The molecule has 0 radical (unpaired) electrons. The molecule has 0 saturated carbocycles. The second-order valence-corrected chi connectivity index (χ2v) is 6.34.